The van der Waals surface area contributed by atoms with Crippen molar-refractivity contribution in [2.24, 2.45) is 0 Å². The number of esters is 2. The van der Waals surface area contributed by atoms with Gasteiger partial charge in [0.2, 0.25) is 0 Å². The van der Waals surface area contributed by atoms with Crippen molar-refractivity contribution in [1.82, 2.24) is 4.90 Å². The number of benzene rings is 2. The third-order valence-corrected chi connectivity index (χ3v) is 6.56. The summed E-state index contributed by atoms with van der Waals surface area (Å²) in [5, 5.41) is 11.4. The second kappa shape index (κ2) is 14.7. The van der Waals surface area contributed by atoms with E-state index in [9.17, 15) is 14.4 Å². The summed E-state index contributed by atoms with van der Waals surface area (Å²) in [5.74, 6) is -1.84. The summed E-state index contributed by atoms with van der Waals surface area (Å²) in [4.78, 5) is 37.0. The molecule has 0 amide bonds. The molecule has 0 radical (unpaired) electrons. The number of rotatable bonds is 5. The number of carboxylic acids is 1. The Morgan fingerprint density at radius 1 is 1.05 bits per heavy atom. The van der Waals surface area contributed by atoms with Crippen LogP contribution in [-0.2, 0) is 37.7 Å². The van der Waals surface area contributed by atoms with Gasteiger partial charge in [0.15, 0.2) is 0 Å². The van der Waals surface area contributed by atoms with E-state index in [1.807, 2.05) is 24.3 Å². The number of thiophene rings is 1. The molecule has 1 aliphatic rings. The number of halogens is 1. The highest BCUT2D eigenvalue weighted by Gasteiger charge is 2.32. The maximum atomic E-state index is 12.3. The molecule has 4 rings (SSSR count). The largest absolute Gasteiger partial charge is 0.478 e. The van der Waals surface area contributed by atoms with Crippen molar-refractivity contribution in [3.63, 3.8) is 0 Å². The van der Waals surface area contributed by atoms with Crippen molar-refractivity contribution < 1.29 is 46.5 Å². The Morgan fingerprint density at radius 2 is 1.67 bits per heavy atom. The number of fused-ring (bicyclic) bond motifs is 1. The number of carboxylic acid groups (broad SMARTS) is 1. The van der Waals surface area contributed by atoms with Crippen molar-refractivity contribution in [3.05, 3.63) is 86.6 Å². The summed E-state index contributed by atoms with van der Waals surface area (Å²) < 4.78 is 41.3. The lowest BCUT2D eigenvalue weighted by Gasteiger charge is -2.33. The number of aromatic carboxylic acids is 1. The van der Waals surface area contributed by atoms with Crippen LogP contribution in [-0.4, -0.2) is 59.1 Å². The van der Waals surface area contributed by atoms with Gasteiger partial charge in [0.05, 0.1) is 7.11 Å². The van der Waals surface area contributed by atoms with Crippen LogP contribution in [0.2, 0.25) is 5.02 Å². The second-order valence-electron chi connectivity index (χ2n) is 7.88. The monoisotopic (exact) mass is 599 g/mol. The smallest absolute Gasteiger partial charge is 0.394 e. The van der Waals surface area contributed by atoms with Crippen LogP contribution in [0.3, 0.4) is 0 Å². The Hall–Kier alpha value is -3.33. The Labute approximate surface area is 234 Å². The molecule has 0 aliphatic carbocycles. The van der Waals surface area contributed by atoms with Crippen LogP contribution in [0.15, 0.2) is 60.0 Å². The summed E-state index contributed by atoms with van der Waals surface area (Å²) in [6, 6.07) is 15.1. The highest BCUT2D eigenvalue weighted by molar-refractivity contribution is 7.79. The lowest BCUT2D eigenvalue weighted by molar-refractivity contribution is -0.147. The number of ether oxygens (including phenoxy) is 2. The van der Waals surface area contributed by atoms with E-state index >= 15 is 0 Å². The number of hydrogen-bond acceptors (Lipinski definition) is 9. The van der Waals surface area contributed by atoms with Gasteiger partial charge in [0.1, 0.15) is 17.4 Å². The van der Waals surface area contributed by atoms with E-state index in [-0.39, 0.29) is 17.3 Å². The molecule has 210 valence electrons. The van der Waals surface area contributed by atoms with Gasteiger partial charge in [0.25, 0.3) is 0 Å². The van der Waals surface area contributed by atoms with Gasteiger partial charge in [-0.3, -0.25) is 18.8 Å². The Balaban J connectivity index is 0.000000253. The molecule has 2 heterocycles. The molecule has 0 unspecified atom stereocenters. The fourth-order valence-electron chi connectivity index (χ4n) is 3.66. The number of carbonyl (C=O) groups excluding carboxylic acids is 2. The molecular formula is C25H26ClNO10S2. The minimum Gasteiger partial charge on any atom is -0.478 e. The van der Waals surface area contributed by atoms with Crippen LogP contribution in [0.5, 0.6) is 5.75 Å². The molecule has 3 N–H and O–H groups in total. The minimum atomic E-state index is -4.67. The van der Waals surface area contributed by atoms with Crippen molar-refractivity contribution in [2.45, 2.75) is 25.9 Å². The van der Waals surface area contributed by atoms with Gasteiger partial charge in [-0.15, -0.1) is 11.3 Å². The van der Waals surface area contributed by atoms with Gasteiger partial charge in [-0.05, 0) is 47.2 Å². The predicted molar refractivity (Wildman–Crippen MR) is 144 cm³/mol. The summed E-state index contributed by atoms with van der Waals surface area (Å²) in [5.41, 5.74) is 2.09. The molecule has 2 aromatic carbocycles. The third-order valence-electron chi connectivity index (χ3n) is 5.20. The number of carbonyl (C=O) groups is 3. The maximum absolute atomic E-state index is 12.3. The molecule has 0 fully saturated rings. The SMILES string of the molecule is CC(=O)Oc1ccccc1C(=O)O.COC(=O)[C@H](c1ccccc1Cl)N1CCc2sccc2C1.O=S(=O)(O)O. The standard InChI is InChI=1S/C16H16ClNO2S.C9H8O4.H2O4S/c1-20-16(19)15(12-4-2-3-5-13(12)17)18-8-6-14-11(10-18)7-9-21-14;1-6(10)13-8-5-3-2-4-7(8)9(11)12;1-5(2,3)4/h2-5,7,9,15H,6,8,10H2,1H3;2-5H,1H3,(H,11,12);(H2,1,2,3,4)/t15-;;/m0../s1. The zero-order valence-corrected chi connectivity index (χ0v) is 23.2. The Kier molecular flexibility index (Phi) is 12.0. The maximum Gasteiger partial charge on any atom is 0.394 e. The van der Waals surface area contributed by atoms with Gasteiger partial charge >= 0.3 is 28.3 Å². The van der Waals surface area contributed by atoms with Crippen LogP contribution in [0.25, 0.3) is 0 Å². The average Bonchev–Trinajstić information content (AvgIpc) is 3.32. The van der Waals surface area contributed by atoms with Crippen molar-refractivity contribution in [1.29, 1.82) is 0 Å². The highest BCUT2D eigenvalue weighted by Crippen LogP contribution is 2.33. The van der Waals surface area contributed by atoms with Crippen LogP contribution in [0, 0.1) is 0 Å². The van der Waals surface area contributed by atoms with Gasteiger partial charge in [-0.1, -0.05) is 41.9 Å². The normalized spacial score (nSPS) is 13.4. The molecule has 14 heteroatoms. The lowest BCUT2D eigenvalue weighted by Crippen LogP contribution is -2.38. The Morgan fingerprint density at radius 3 is 2.26 bits per heavy atom. The van der Waals surface area contributed by atoms with E-state index in [1.165, 1.54) is 36.6 Å². The summed E-state index contributed by atoms with van der Waals surface area (Å²) in [6.07, 6.45) is 0.963. The van der Waals surface area contributed by atoms with E-state index in [2.05, 4.69) is 21.1 Å². The van der Waals surface area contributed by atoms with Crippen LogP contribution < -0.4 is 4.74 Å². The first-order valence-electron chi connectivity index (χ1n) is 11.1. The highest BCUT2D eigenvalue weighted by atomic mass is 35.5. The summed E-state index contributed by atoms with van der Waals surface area (Å²) in [6.45, 7) is 2.81. The van der Waals surface area contributed by atoms with Gasteiger partial charge < -0.3 is 14.6 Å². The fraction of sp³-hybridized carbons (Fsp3) is 0.240. The van der Waals surface area contributed by atoms with E-state index in [1.54, 1.807) is 23.5 Å². The second-order valence-corrected chi connectivity index (χ2v) is 10.2. The quantitative estimate of drug-likeness (QED) is 0.217. The van der Waals surface area contributed by atoms with Crippen LogP contribution >= 0.6 is 22.9 Å². The molecular weight excluding hydrogens is 574 g/mol. The third kappa shape index (κ3) is 10.4. The van der Waals surface area contributed by atoms with Crippen molar-refractivity contribution >= 4 is 51.2 Å². The molecule has 0 bridgehead atoms. The number of nitrogens with zero attached hydrogens (tertiary/aromatic N) is 1. The molecule has 0 saturated heterocycles. The average molecular weight is 600 g/mol. The first-order chi connectivity index (χ1) is 18.3. The predicted octanol–water partition coefficient (Wildman–Crippen LogP) is 4.33. The minimum absolute atomic E-state index is 0.0160. The molecule has 1 aromatic heterocycles. The van der Waals surface area contributed by atoms with Crippen LogP contribution in [0.1, 0.15) is 39.3 Å². The van der Waals surface area contributed by atoms with Crippen LogP contribution in [0.4, 0.5) is 0 Å². The number of hydrogen-bond donors (Lipinski definition) is 3. The van der Waals surface area contributed by atoms with Gasteiger partial charge in [0, 0.05) is 29.9 Å². The Bertz CT molecular complexity index is 1400. The van der Waals surface area contributed by atoms with E-state index in [0.29, 0.717) is 5.02 Å². The van der Waals surface area contributed by atoms with Gasteiger partial charge in [-0.2, -0.15) is 8.42 Å². The molecule has 0 saturated carbocycles. The lowest BCUT2D eigenvalue weighted by atomic mass is 10.0. The molecule has 1 aliphatic heterocycles. The molecule has 39 heavy (non-hydrogen) atoms. The van der Waals surface area contributed by atoms with Gasteiger partial charge in [-0.25, -0.2) is 9.59 Å². The number of para-hydroxylation sites is 1. The molecule has 0 spiro atoms. The summed E-state index contributed by atoms with van der Waals surface area (Å²) in [7, 11) is -3.24. The molecule has 11 nitrogen and oxygen atoms in total. The number of methoxy groups -OCH3 is 1. The van der Waals surface area contributed by atoms with E-state index in [0.717, 1.165) is 25.1 Å². The zero-order chi connectivity index (χ0) is 29.2. The molecule has 1 atom stereocenters. The van der Waals surface area contributed by atoms with E-state index < -0.39 is 28.4 Å². The van der Waals surface area contributed by atoms with Crippen molar-refractivity contribution in [3.8, 4) is 5.75 Å². The van der Waals surface area contributed by atoms with E-state index in [4.69, 9.17) is 39.0 Å². The van der Waals surface area contributed by atoms with Crippen molar-refractivity contribution in [2.75, 3.05) is 13.7 Å². The molecule has 3 aromatic rings. The zero-order valence-electron chi connectivity index (χ0n) is 20.8. The first kappa shape index (κ1) is 31.9. The fourth-order valence-corrected chi connectivity index (χ4v) is 4.79. The topological polar surface area (TPSA) is 168 Å². The first-order valence-corrected chi connectivity index (χ1v) is 13.8. The summed E-state index contributed by atoms with van der Waals surface area (Å²) >= 11 is 8.07.